The van der Waals surface area contributed by atoms with Gasteiger partial charge in [0.05, 0.1) is 17.3 Å². The molecule has 0 aliphatic rings. The molecule has 0 radical (unpaired) electrons. The number of benzene rings is 2. The van der Waals surface area contributed by atoms with Crippen molar-refractivity contribution in [3.05, 3.63) is 57.9 Å². The number of aryl methyl sites for hydroxylation is 3. The lowest BCUT2D eigenvalue weighted by molar-refractivity contribution is 0.0997. The van der Waals surface area contributed by atoms with Gasteiger partial charge in [-0.1, -0.05) is 17.4 Å². The van der Waals surface area contributed by atoms with Crippen molar-refractivity contribution in [2.75, 3.05) is 7.11 Å². The van der Waals surface area contributed by atoms with Gasteiger partial charge in [0, 0.05) is 12.1 Å². The molecule has 0 unspecified atom stereocenters. The van der Waals surface area contributed by atoms with E-state index in [1.165, 1.54) is 11.1 Å². The highest BCUT2D eigenvalue weighted by molar-refractivity contribution is 7.16. The van der Waals surface area contributed by atoms with Gasteiger partial charge in [0.2, 0.25) is 0 Å². The van der Waals surface area contributed by atoms with Crippen LogP contribution in [0.15, 0.2) is 41.4 Å². The summed E-state index contributed by atoms with van der Waals surface area (Å²) in [6, 6.07) is 11.4. The normalized spacial score (nSPS) is 11.9. The summed E-state index contributed by atoms with van der Waals surface area (Å²) in [6.45, 7) is 7.04. The van der Waals surface area contributed by atoms with Gasteiger partial charge in [-0.3, -0.25) is 4.79 Å². The van der Waals surface area contributed by atoms with E-state index < -0.39 is 0 Å². The highest BCUT2D eigenvalue weighted by Crippen LogP contribution is 2.22. The van der Waals surface area contributed by atoms with E-state index in [2.05, 4.69) is 42.5 Å². The quantitative estimate of drug-likeness (QED) is 0.721. The lowest BCUT2D eigenvalue weighted by atomic mass is 10.1. The number of hydrogen-bond donors (Lipinski definition) is 0. The molecule has 1 amide bonds. The molecular weight excluding hydrogens is 320 g/mol. The average molecular weight is 340 g/mol. The van der Waals surface area contributed by atoms with E-state index in [0.29, 0.717) is 11.3 Å². The maximum atomic E-state index is 12.5. The van der Waals surface area contributed by atoms with Crippen LogP contribution >= 0.6 is 11.3 Å². The van der Waals surface area contributed by atoms with E-state index in [4.69, 9.17) is 4.74 Å². The second kappa shape index (κ2) is 6.61. The number of rotatable bonds is 3. The molecule has 0 N–H and O–H groups in total. The van der Waals surface area contributed by atoms with Crippen molar-refractivity contribution >= 4 is 27.5 Å². The number of methoxy groups -OCH3 is 1. The molecule has 0 saturated heterocycles. The van der Waals surface area contributed by atoms with Gasteiger partial charge < -0.3 is 9.30 Å². The molecule has 0 atom stereocenters. The molecule has 0 bridgehead atoms. The number of fused-ring (bicyclic) bond motifs is 1. The standard InChI is InChI=1S/C19H20N2O2S/c1-5-21-16-9-12(2)13(3)10-17(16)24-19(21)20-18(22)14-7-6-8-15(11-14)23-4/h6-11H,5H2,1-4H3. The van der Waals surface area contributed by atoms with Crippen LogP contribution < -0.4 is 9.54 Å². The number of amides is 1. The molecule has 3 aromatic rings. The highest BCUT2D eigenvalue weighted by Gasteiger charge is 2.10. The fourth-order valence-electron chi connectivity index (χ4n) is 2.62. The van der Waals surface area contributed by atoms with Crippen LogP contribution in [0.5, 0.6) is 5.75 Å². The summed E-state index contributed by atoms with van der Waals surface area (Å²) in [5.41, 5.74) is 4.15. The van der Waals surface area contributed by atoms with Crippen LogP contribution in [0.3, 0.4) is 0 Å². The highest BCUT2D eigenvalue weighted by atomic mass is 32.1. The largest absolute Gasteiger partial charge is 0.497 e. The molecule has 0 aliphatic carbocycles. The summed E-state index contributed by atoms with van der Waals surface area (Å²) in [7, 11) is 1.59. The molecule has 3 rings (SSSR count). The van der Waals surface area contributed by atoms with Crippen LogP contribution in [0.25, 0.3) is 10.2 Å². The lowest BCUT2D eigenvalue weighted by Crippen LogP contribution is -2.16. The number of carbonyl (C=O) groups excluding carboxylic acids is 1. The minimum Gasteiger partial charge on any atom is -0.497 e. The van der Waals surface area contributed by atoms with Gasteiger partial charge in [-0.2, -0.15) is 4.99 Å². The number of carbonyl (C=O) groups is 1. The number of ether oxygens (including phenoxy) is 1. The van der Waals surface area contributed by atoms with Crippen LogP contribution in [-0.4, -0.2) is 17.6 Å². The lowest BCUT2D eigenvalue weighted by Gasteiger charge is -2.03. The van der Waals surface area contributed by atoms with E-state index in [1.807, 2.05) is 6.07 Å². The molecule has 0 fully saturated rings. The molecule has 1 heterocycles. The van der Waals surface area contributed by atoms with Gasteiger partial charge in [0.1, 0.15) is 5.75 Å². The third-order valence-corrected chi connectivity index (χ3v) is 5.17. The van der Waals surface area contributed by atoms with Crippen molar-refractivity contribution in [3.8, 4) is 5.75 Å². The molecule has 0 aliphatic heterocycles. The average Bonchev–Trinajstić information content (AvgIpc) is 2.91. The number of hydrogen-bond acceptors (Lipinski definition) is 3. The number of thiazole rings is 1. The predicted molar refractivity (Wildman–Crippen MR) is 97.9 cm³/mol. The van der Waals surface area contributed by atoms with Crippen molar-refractivity contribution in [1.82, 2.24) is 4.57 Å². The summed E-state index contributed by atoms with van der Waals surface area (Å²) in [5, 5.41) is 0. The Morgan fingerprint density at radius 3 is 2.67 bits per heavy atom. The van der Waals surface area contributed by atoms with Gasteiger partial charge in [-0.25, -0.2) is 0 Å². The first-order chi connectivity index (χ1) is 11.5. The van der Waals surface area contributed by atoms with Gasteiger partial charge >= 0.3 is 0 Å². The molecular formula is C19H20N2O2S. The number of nitrogens with zero attached hydrogens (tertiary/aromatic N) is 2. The zero-order chi connectivity index (χ0) is 17.3. The minimum absolute atomic E-state index is 0.254. The fourth-order valence-corrected chi connectivity index (χ4v) is 3.79. The third-order valence-electron chi connectivity index (χ3n) is 4.13. The molecule has 4 nitrogen and oxygen atoms in total. The number of aromatic nitrogens is 1. The van der Waals surface area contributed by atoms with Crippen LogP contribution in [0.1, 0.15) is 28.4 Å². The zero-order valence-electron chi connectivity index (χ0n) is 14.3. The molecule has 0 spiro atoms. The predicted octanol–water partition coefficient (Wildman–Crippen LogP) is 4.09. The molecule has 2 aromatic carbocycles. The molecule has 1 aromatic heterocycles. The monoisotopic (exact) mass is 340 g/mol. The Balaban J connectivity index is 2.13. The molecule has 124 valence electrons. The first-order valence-corrected chi connectivity index (χ1v) is 8.69. The second-order valence-corrected chi connectivity index (χ2v) is 6.69. The molecule has 0 saturated carbocycles. The Hall–Kier alpha value is -2.40. The topological polar surface area (TPSA) is 43.6 Å². The summed E-state index contributed by atoms with van der Waals surface area (Å²) < 4.78 is 8.42. The maximum Gasteiger partial charge on any atom is 0.279 e. The van der Waals surface area contributed by atoms with Crippen LogP contribution in [0, 0.1) is 13.8 Å². The van der Waals surface area contributed by atoms with E-state index in [0.717, 1.165) is 21.6 Å². The van der Waals surface area contributed by atoms with Crippen molar-refractivity contribution in [1.29, 1.82) is 0 Å². The first-order valence-electron chi connectivity index (χ1n) is 7.87. The van der Waals surface area contributed by atoms with Crippen molar-refractivity contribution in [2.45, 2.75) is 27.3 Å². The minimum atomic E-state index is -0.254. The van der Waals surface area contributed by atoms with Gasteiger partial charge in [0.25, 0.3) is 5.91 Å². The van der Waals surface area contributed by atoms with Crippen molar-refractivity contribution < 1.29 is 9.53 Å². The van der Waals surface area contributed by atoms with Gasteiger partial charge in [-0.15, -0.1) is 0 Å². The Morgan fingerprint density at radius 1 is 1.21 bits per heavy atom. The van der Waals surface area contributed by atoms with Gasteiger partial charge in [0.15, 0.2) is 4.80 Å². The van der Waals surface area contributed by atoms with Crippen LogP contribution in [-0.2, 0) is 6.54 Å². The van der Waals surface area contributed by atoms with E-state index in [1.54, 1.807) is 36.6 Å². The van der Waals surface area contributed by atoms with E-state index in [-0.39, 0.29) is 5.91 Å². The summed E-state index contributed by atoms with van der Waals surface area (Å²) in [5.74, 6) is 0.401. The molecule has 5 heteroatoms. The maximum absolute atomic E-state index is 12.5. The van der Waals surface area contributed by atoms with Crippen molar-refractivity contribution in [3.63, 3.8) is 0 Å². The smallest absolute Gasteiger partial charge is 0.279 e. The SMILES string of the molecule is CCn1c(=NC(=O)c2cccc(OC)c2)sc2cc(C)c(C)cc21. The summed E-state index contributed by atoms with van der Waals surface area (Å²) in [6.07, 6.45) is 0. The Bertz CT molecular complexity index is 983. The van der Waals surface area contributed by atoms with E-state index in [9.17, 15) is 4.79 Å². The third kappa shape index (κ3) is 2.99. The molecule has 24 heavy (non-hydrogen) atoms. The van der Waals surface area contributed by atoms with Crippen LogP contribution in [0.4, 0.5) is 0 Å². The first kappa shape index (κ1) is 16.5. The summed E-state index contributed by atoms with van der Waals surface area (Å²) in [4.78, 5) is 17.6. The van der Waals surface area contributed by atoms with Crippen LogP contribution in [0.2, 0.25) is 0 Å². The Kier molecular flexibility index (Phi) is 4.53. The van der Waals surface area contributed by atoms with Gasteiger partial charge in [-0.05, 0) is 62.2 Å². The Labute approximate surface area is 145 Å². The fraction of sp³-hybridized carbons (Fsp3) is 0.263. The summed E-state index contributed by atoms with van der Waals surface area (Å²) >= 11 is 1.55. The Morgan fingerprint density at radius 2 is 1.96 bits per heavy atom. The van der Waals surface area contributed by atoms with E-state index >= 15 is 0 Å². The van der Waals surface area contributed by atoms with Crippen molar-refractivity contribution in [2.24, 2.45) is 4.99 Å². The zero-order valence-corrected chi connectivity index (χ0v) is 15.1. The second-order valence-electron chi connectivity index (χ2n) is 5.68.